The summed E-state index contributed by atoms with van der Waals surface area (Å²) in [4.78, 5) is 11.5. The van der Waals surface area contributed by atoms with Gasteiger partial charge < -0.3 is 4.74 Å². The molecule has 1 aromatic rings. The van der Waals surface area contributed by atoms with Crippen LogP contribution in [0.5, 0.6) is 0 Å². The summed E-state index contributed by atoms with van der Waals surface area (Å²) in [7, 11) is 0. The first-order chi connectivity index (χ1) is 7.29. The van der Waals surface area contributed by atoms with E-state index in [4.69, 9.17) is 4.74 Å². The summed E-state index contributed by atoms with van der Waals surface area (Å²) in [5.74, 6) is 0.691. The molecule has 0 radical (unpaired) electrons. The molecular weight excluding hydrogens is 303 g/mol. The number of benzene rings is 1. The van der Waals surface area contributed by atoms with Crippen LogP contribution in [0.25, 0.3) is 0 Å². The third-order valence-corrected chi connectivity index (χ3v) is 3.15. The lowest BCUT2D eigenvalue weighted by Gasteiger charge is -2.03. The first-order valence-electron chi connectivity index (χ1n) is 4.84. The van der Waals surface area contributed by atoms with Gasteiger partial charge in [0.25, 0.3) is 0 Å². The highest BCUT2D eigenvalue weighted by Crippen LogP contribution is 2.28. The molecule has 3 heteroatoms. The molecule has 1 fully saturated rings. The normalized spacial score (nSPS) is 23.1. The topological polar surface area (TPSA) is 26.3 Å². The molecule has 15 heavy (non-hydrogen) atoms. The molecule has 1 aliphatic heterocycles. The standard InChI is InChI=1S/C12H11IO2/c13-8-11-7-10(12(14)15-11)6-9-4-2-1-3-5-9/h1-5,8,10H,6-7H2. The van der Waals surface area contributed by atoms with Crippen LogP contribution in [0.3, 0.4) is 0 Å². The van der Waals surface area contributed by atoms with Crippen LogP contribution in [0.4, 0.5) is 0 Å². The third kappa shape index (κ3) is 2.59. The Labute approximate surface area is 102 Å². The highest BCUT2D eigenvalue weighted by Gasteiger charge is 2.30. The van der Waals surface area contributed by atoms with Crippen LogP contribution < -0.4 is 0 Å². The fourth-order valence-electron chi connectivity index (χ4n) is 1.70. The molecule has 0 aromatic heterocycles. The number of rotatable bonds is 2. The van der Waals surface area contributed by atoms with E-state index < -0.39 is 0 Å². The van der Waals surface area contributed by atoms with Crippen molar-refractivity contribution >= 4 is 28.6 Å². The minimum absolute atomic E-state index is 0.00610. The molecule has 0 amide bonds. The van der Waals surface area contributed by atoms with E-state index >= 15 is 0 Å². The number of hydrogen-bond donors (Lipinski definition) is 0. The Morgan fingerprint density at radius 3 is 2.73 bits per heavy atom. The molecule has 2 nitrogen and oxygen atoms in total. The first-order valence-corrected chi connectivity index (χ1v) is 6.09. The molecule has 1 atom stereocenters. The Balaban J connectivity index is 2.05. The molecule has 0 N–H and O–H groups in total. The molecule has 0 bridgehead atoms. The van der Waals surface area contributed by atoms with Crippen molar-refractivity contribution in [3.8, 4) is 0 Å². The van der Waals surface area contributed by atoms with Crippen LogP contribution in [0.2, 0.25) is 0 Å². The van der Waals surface area contributed by atoms with Gasteiger partial charge in [0.2, 0.25) is 0 Å². The van der Waals surface area contributed by atoms with Crippen molar-refractivity contribution in [3.63, 3.8) is 0 Å². The number of allylic oxidation sites excluding steroid dienone is 1. The minimum Gasteiger partial charge on any atom is -0.430 e. The quantitative estimate of drug-likeness (QED) is 0.619. The fraction of sp³-hybridized carbons (Fsp3) is 0.250. The van der Waals surface area contributed by atoms with Crippen LogP contribution in [-0.4, -0.2) is 5.97 Å². The molecule has 1 aromatic carbocycles. The number of cyclic esters (lactones) is 1. The van der Waals surface area contributed by atoms with Crippen LogP contribution in [0.1, 0.15) is 12.0 Å². The second-order valence-electron chi connectivity index (χ2n) is 3.59. The fourth-order valence-corrected chi connectivity index (χ4v) is 2.08. The maximum absolute atomic E-state index is 11.5. The third-order valence-electron chi connectivity index (χ3n) is 2.46. The number of ether oxygens (including phenoxy) is 1. The van der Waals surface area contributed by atoms with Gasteiger partial charge in [-0.1, -0.05) is 30.3 Å². The number of hydrogen-bond acceptors (Lipinski definition) is 2. The molecule has 0 saturated carbocycles. The maximum atomic E-state index is 11.5. The lowest BCUT2D eigenvalue weighted by atomic mass is 9.98. The molecule has 1 heterocycles. The van der Waals surface area contributed by atoms with E-state index in [1.54, 1.807) is 0 Å². The van der Waals surface area contributed by atoms with E-state index in [0.29, 0.717) is 0 Å². The average Bonchev–Trinajstić information content (AvgIpc) is 2.61. The van der Waals surface area contributed by atoms with E-state index in [0.717, 1.165) is 18.6 Å². The Morgan fingerprint density at radius 2 is 2.13 bits per heavy atom. The molecule has 1 unspecified atom stereocenters. The summed E-state index contributed by atoms with van der Waals surface area (Å²) in [6, 6.07) is 10.0. The maximum Gasteiger partial charge on any atom is 0.314 e. The lowest BCUT2D eigenvalue weighted by Crippen LogP contribution is -2.10. The summed E-state index contributed by atoms with van der Waals surface area (Å²) in [5, 5.41) is 0. The van der Waals surface area contributed by atoms with Crippen molar-refractivity contribution in [2.45, 2.75) is 12.8 Å². The van der Waals surface area contributed by atoms with E-state index in [9.17, 15) is 4.79 Å². The zero-order valence-electron chi connectivity index (χ0n) is 8.15. The second kappa shape index (κ2) is 4.79. The van der Waals surface area contributed by atoms with Crippen LogP contribution >= 0.6 is 22.6 Å². The number of carbonyl (C=O) groups is 1. The van der Waals surface area contributed by atoms with Crippen LogP contribution in [0.15, 0.2) is 40.2 Å². The van der Waals surface area contributed by atoms with Gasteiger partial charge in [0.15, 0.2) is 0 Å². The summed E-state index contributed by atoms with van der Waals surface area (Å²) in [6.07, 6.45) is 1.50. The number of halogens is 1. The Bertz CT molecular complexity index is 384. The molecule has 78 valence electrons. The van der Waals surface area contributed by atoms with Gasteiger partial charge in [0.1, 0.15) is 5.76 Å². The number of carbonyl (C=O) groups excluding carboxylic acids is 1. The van der Waals surface area contributed by atoms with Gasteiger partial charge in [-0.15, -0.1) is 0 Å². The van der Waals surface area contributed by atoms with Gasteiger partial charge in [-0.2, -0.15) is 0 Å². The van der Waals surface area contributed by atoms with Gasteiger partial charge in [0.05, 0.1) is 5.92 Å². The predicted molar refractivity (Wildman–Crippen MR) is 66.4 cm³/mol. The first kappa shape index (κ1) is 10.7. The van der Waals surface area contributed by atoms with E-state index in [-0.39, 0.29) is 11.9 Å². The molecule has 2 rings (SSSR count). The van der Waals surface area contributed by atoms with Crippen LogP contribution in [-0.2, 0) is 16.0 Å². The SMILES string of the molecule is O=C1OC(=CI)CC1Cc1ccccc1. The monoisotopic (exact) mass is 314 g/mol. The van der Waals surface area contributed by atoms with Gasteiger partial charge in [-0.05, 0) is 34.6 Å². The van der Waals surface area contributed by atoms with Crippen molar-refractivity contribution in [3.05, 3.63) is 45.7 Å². The smallest absolute Gasteiger partial charge is 0.314 e. The summed E-state index contributed by atoms with van der Waals surface area (Å²) in [6.45, 7) is 0. The largest absolute Gasteiger partial charge is 0.430 e. The lowest BCUT2D eigenvalue weighted by molar-refractivity contribution is -0.138. The zero-order valence-corrected chi connectivity index (χ0v) is 10.3. The average molecular weight is 314 g/mol. The van der Waals surface area contributed by atoms with Crippen LogP contribution in [0, 0.1) is 5.92 Å². The molecular formula is C12H11IO2. The zero-order chi connectivity index (χ0) is 10.7. The van der Waals surface area contributed by atoms with Crippen molar-refractivity contribution < 1.29 is 9.53 Å². The van der Waals surface area contributed by atoms with E-state index in [2.05, 4.69) is 22.6 Å². The van der Waals surface area contributed by atoms with Crippen molar-refractivity contribution in [2.24, 2.45) is 5.92 Å². The summed E-state index contributed by atoms with van der Waals surface area (Å²) >= 11 is 2.10. The highest BCUT2D eigenvalue weighted by atomic mass is 127. The minimum atomic E-state index is -0.0956. The number of esters is 1. The second-order valence-corrected chi connectivity index (χ2v) is 4.21. The van der Waals surface area contributed by atoms with Gasteiger partial charge >= 0.3 is 5.97 Å². The van der Waals surface area contributed by atoms with E-state index in [1.807, 2.05) is 34.4 Å². The van der Waals surface area contributed by atoms with Gasteiger partial charge in [0, 0.05) is 10.5 Å². The summed E-state index contributed by atoms with van der Waals surface area (Å²) < 4.78 is 6.94. The Morgan fingerprint density at radius 1 is 1.40 bits per heavy atom. The van der Waals surface area contributed by atoms with Crippen molar-refractivity contribution in [2.75, 3.05) is 0 Å². The molecule has 0 spiro atoms. The Kier molecular flexibility index (Phi) is 3.41. The van der Waals surface area contributed by atoms with E-state index in [1.165, 1.54) is 5.56 Å². The Hall–Kier alpha value is -0.840. The molecule has 1 aliphatic rings. The van der Waals surface area contributed by atoms with Crippen molar-refractivity contribution in [1.82, 2.24) is 0 Å². The van der Waals surface area contributed by atoms with Gasteiger partial charge in [-0.3, -0.25) is 4.79 Å². The summed E-state index contributed by atoms with van der Waals surface area (Å²) in [5.41, 5.74) is 1.19. The van der Waals surface area contributed by atoms with Gasteiger partial charge in [-0.25, -0.2) is 0 Å². The molecule has 0 aliphatic carbocycles. The predicted octanol–water partition coefficient (Wildman–Crippen LogP) is 3.07. The van der Waals surface area contributed by atoms with Crippen molar-refractivity contribution in [1.29, 1.82) is 0 Å². The molecule has 1 saturated heterocycles. The highest BCUT2D eigenvalue weighted by molar-refractivity contribution is 14.1.